The summed E-state index contributed by atoms with van der Waals surface area (Å²) in [6, 6.07) is 11.9. The third-order valence-electron chi connectivity index (χ3n) is 5.38. The summed E-state index contributed by atoms with van der Waals surface area (Å²) >= 11 is 12.6. The van der Waals surface area contributed by atoms with Gasteiger partial charge in [0, 0.05) is 23.0 Å². The summed E-state index contributed by atoms with van der Waals surface area (Å²) in [5.74, 6) is 0.0333. The summed E-state index contributed by atoms with van der Waals surface area (Å²) in [5, 5.41) is 4.88. The molecule has 0 atom stereocenters. The van der Waals surface area contributed by atoms with E-state index in [1.165, 1.54) is 26.5 Å². The molecule has 0 aliphatic carbocycles. The number of hydrazone groups is 1. The van der Waals surface area contributed by atoms with Crippen molar-refractivity contribution in [2.24, 2.45) is 5.10 Å². The van der Waals surface area contributed by atoms with Gasteiger partial charge in [-0.2, -0.15) is 5.10 Å². The minimum absolute atomic E-state index is 0.167. The van der Waals surface area contributed by atoms with Crippen LogP contribution in [0.15, 0.2) is 47.6 Å². The number of rotatable bonds is 9. The monoisotopic (exact) mass is 552 g/mol. The molecule has 0 aliphatic heterocycles. The smallest absolute Gasteiger partial charge is 0.260 e. The fourth-order valence-electron chi connectivity index (χ4n) is 3.67. The van der Waals surface area contributed by atoms with Gasteiger partial charge in [0.1, 0.15) is 18.0 Å². The van der Waals surface area contributed by atoms with Crippen LogP contribution in [0.2, 0.25) is 10.0 Å². The Kier molecular flexibility index (Phi) is 8.55. The molecule has 36 heavy (non-hydrogen) atoms. The van der Waals surface area contributed by atoms with E-state index in [2.05, 4.69) is 10.5 Å². The number of hydrogen-bond donors (Lipinski definition) is 1. The molecule has 0 saturated carbocycles. The molecule has 0 saturated heterocycles. The number of nitrogens with zero attached hydrogens (tertiary/aromatic N) is 3. The van der Waals surface area contributed by atoms with Crippen molar-refractivity contribution in [1.29, 1.82) is 0 Å². The lowest BCUT2D eigenvalue weighted by atomic mass is 10.2. The lowest BCUT2D eigenvalue weighted by Gasteiger charge is -2.23. The van der Waals surface area contributed by atoms with Gasteiger partial charge in [0.2, 0.25) is 10.0 Å². The Morgan fingerprint density at radius 2 is 1.86 bits per heavy atom. The van der Waals surface area contributed by atoms with Gasteiger partial charge >= 0.3 is 0 Å². The van der Waals surface area contributed by atoms with Gasteiger partial charge < -0.3 is 14.0 Å². The Balaban J connectivity index is 1.82. The highest BCUT2D eigenvalue weighted by Gasteiger charge is 2.24. The molecule has 0 fully saturated rings. The van der Waals surface area contributed by atoms with Gasteiger partial charge in [0.15, 0.2) is 0 Å². The molecule has 0 aliphatic rings. The minimum atomic E-state index is -3.84. The van der Waals surface area contributed by atoms with Gasteiger partial charge in [0.05, 0.1) is 48.1 Å². The molecule has 192 valence electrons. The van der Waals surface area contributed by atoms with Crippen LogP contribution in [-0.4, -0.2) is 52.1 Å². The average molecular weight is 553 g/mol. The van der Waals surface area contributed by atoms with E-state index in [1.807, 2.05) is 30.5 Å². The van der Waals surface area contributed by atoms with Gasteiger partial charge in [-0.15, -0.1) is 0 Å². The second kappa shape index (κ2) is 11.2. The van der Waals surface area contributed by atoms with E-state index < -0.39 is 22.5 Å². The standard InChI is InChI=1S/C24H26Cl2N4O5S/c1-15-11-17(16(2)30(15)20-8-6-7-19(25)24(20)26)13-27-28-23(31)14-29(36(5,32)33)21-12-18(34-3)9-10-22(21)35-4/h6-13H,14H2,1-5H3,(H,28,31)/b27-13-. The van der Waals surface area contributed by atoms with Crippen molar-refractivity contribution in [2.45, 2.75) is 13.8 Å². The minimum Gasteiger partial charge on any atom is -0.497 e. The number of aryl methyl sites for hydroxylation is 1. The molecule has 1 aromatic heterocycles. The van der Waals surface area contributed by atoms with Crippen molar-refractivity contribution in [2.75, 3.05) is 31.3 Å². The zero-order chi connectivity index (χ0) is 26.6. The molecule has 1 N–H and O–H groups in total. The molecule has 12 heteroatoms. The molecule has 0 unspecified atom stereocenters. The highest BCUT2D eigenvalue weighted by atomic mass is 35.5. The molecule has 1 heterocycles. The van der Waals surface area contributed by atoms with Gasteiger partial charge in [-0.25, -0.2) is 13.8 Å². The first-order chi connectivity index (χ1) is 17.0. The van der Waals surface area contributed by atoms with Crippen LogP contribution in [0.1, 0.15) is 17.0 Å². The largest absolute Gasteiger partial charge is 0.497 e. The van der Waals surface area contributed by atoms with Crippen molar-refractivity contribution >= 4 is 51.0 Å². The van der Waals surface area contributed by atoms with Crippen LogP contribution in [0.4, 0.5) is 5.69 Å². The Morgan fingerprint density at radius 1 is 1.14 bits per heavy atom. The number of sulfonamides is 1. The van der Waals surface area contributed by atoms with Crippen LogP contribution in [-0.2, 0) is 14.8 Å². The molecule has 0 bridgehead atoms. The van der Waals surface area contributed by atoms with Gasteiger partial charge in [-0.1, -0.05) is 29.3 Å². The van der Waals surface area contributed by atoms with E-state index >= 15 is 0 Å². The number of hydrogen-bond acceptors (Lipinski definition) is 6. The lowest BCUT2D eigenvalue weighted by Crippen LogP contribution is -2.39. The highest BCUT2D eigenvalue weighted by Crippen LogP contribution is 2.34. The third-order valence-corrected chi connectivity index (χ3v) is 7.31. The lowest BCUT2D eigenvalue weighted by molar-refractivity contribution is -0.119. The maximum Gasteiger partial charge on any atom is 0.260 e. The predicted molar refractivity (Wildman–Crippen MR) is 143 cm³/mol. The van der Waals surface area contributed by atoms with E-state index in [1.54, 1.807) is 24.3 Å². The number of carbonyl (C=O) groups excluding carboxylic acids is 1. The summed E-state index contributed by atoms with van der Waals surface area (Å²) in [6.07, 6.45) is 2.48. The maximum absolute atomic E-state index is 12.6. The Hall–Kier alpha value is -3.21. The highest BCUT2D eigenvalue weighted by molar-refractivity contribution is 7.92. The van der Waals surface area contributed by atoms with E-state index in [0.717, 1.165) is 33.2 Å². The van der Waals surface area contributed by atoms with Gasteiger partial charge in [-0.3, -0.25) is 9.10 Å². The maximum atomic E-state index is 12.6. The molecular weight excluding hydrogens is 527 g/mol. The van der Waals surface area contributed by atoms with E-state index in [4.69, 9.17) is 32.7 Å². The van der Waals surface area contributed by atoms with E-state index in [9.17, 15) is 13.2 Å². The number of methoxy groups -OCH3 is 2. The normalized spacial score (nSPS) is 11.5. The zero-order valence-corrected chi connectivity index (χ0v) is 22.7. The van der Waals surface area contributed by atoms with Crippen molar-refractivity contribution in [3.63, 3.8) is 0 Å². The number of benzene rings is 2. The molecule has 9 nitrogen and oxygen atoms in total. The molecule has 2 aromatic carbocycles. The molecule has 3 rings (SSSR count). The Morgan fingerprint density at radius 3 is 2.50 bits per heavy atom. The van der Waals surface area contributed by atoms with Crippen molar-refractivity contribution in [1.82, 2.24) is 9.99 Å². The van der Waals surface area contributed by atoms with Gasteiger partial charge in [0.25, 0.3) is 5.91 Å². The van der Waals surface area contributed by atoms with Crippen LogP contribution in [0.5, 0.6) is 11.5 Å². The van der Waals surface area contributed by atoms with Crippen LogP contribution in [0.3, 0.4) is 0 Å². The third kappa shape index (κ3) is 5.95. The predicted octanol–water partition coefficient (Wildman–Crippen LogP) is 4.33. The van der Waals surface area contributed by atoms with Crippen molar-refractivity contribution < 1.29 is 22.7 Å². The Labute approximate surface area is 220 Å². The van der Waals surface area contributed by atoms with Crippen LogP contribution in [0, 0.1) is 13.8 Å². The first-order valence-electron chi connectivity index (χ1n) is 10.6. The fraction of sp³-hybridized carbons (Fsp3) is 0.250. The number of amides is 1. The van der Waals surface area contributed by atoms with Crippen molar-refractivity contribution in [3.05, 3.63) is 69.5 Å². The number of nitrogens with one attached hydrogen (secondary N) is 1. The van der Waals surface area contributed by atoms with E-state index in [0.29, 0.717) is 15.8 Å². The first-order valence-corrected chi connectivity index (χ1v) is 13.2. The number of ether oxygens (including phenoxy) is 2. The summed E-state index contributed by atoms with van der Waals surface area (Å²) < 4.78 is 38.3. The fourth-order valence-corrected chi connectivity index (χ4v) is 4.90. The second-order valence-electron chi connectivity index (χ2n) is 7.84. The number of carbonyl (C=O) groups is 1. The molecule has 1 amide bonds. The SMILES string of the molecule is COc1ccc(OC)c(N(CC(=O)N/N=C\c2cc(C)n(-c3cccc(Cl)c3Cl)c2C)S(C)(=O)=O)c1. The van der Waals surface area contributed by atoms with Gasteiger partial charge in [-0.05, 0) is 44.2 Å². The zero-order valence-electron chi connectivity index (χ0n) is 20.4. The molecule has 3 aromatic rings. The molecule has 0 spiro atoms. The van der Waals surface area contributed by atoms with Crippen LogP contribution < -0.4 is 19.2 Å². The number of halogens is 2. The molecule has 0 radical (unpaired) electrons. The first kappa shape index (κ1) is 27.4. The van der Waals surface area contributed by atoms with Crippen LogP contribution in [0.25, 0.3) is 5.69 Å². The van der Waals surface area contributed by atoms with Crippen LogP contribution >= 0.6 is 23.2 Å². The average Bonchev–Trinajstić information content (AvgIpc) is 3.11. The topological polar surface area (TPSA) is 102 Å². The summed E-state index contributed by atoms with van der Waals surface area (Å²) in [7, 11) is -0.977. The number of anilines is 1. The van der Waals surface area contributed by atoms with Crippen molar-refractivity contribution in [3.8, 4) is 17.2 Å². The van der Waals surface area contributed by atoms with E-state index in [-0.39, 0.29) is 11.4 Å². The quantitative estimate of drug-likeness (QED) is 0.314. The Bertz CT molecular complexity index is 1420. The summed E-state index contributed by atoms with van der Waals surface area (Å²) in [6.45, 7) is 3.27. The number of aromatic nitrogens is 1. The summed E-state index contributed by atoms with van der Waals surface area (Å²) in [5.41, 5.74) is 5.72. The second-order valence-corrected chi connectivity index (χ2v) is 10.5. The molecular formula is C24H26Cl2N4O5S. The summed E-state index contributed by atoms with van der Waals surface area (Å²) in [4.78, 5) is 12.6.